The molecular weight excluding hydrogens is 464 g/mol. The zero-order valence-electron chi connectivity index (χ0n) is 21.0. The zero-order chi connectivity index (χ0) is 25.8. The molecule has 0 radical (unpaired) electrons. The molecule has 1 atom stereocenters. The summed E-state index contributed by atoms with van der Waals surface area (Å²) < 4.78 is 39.2. The Labute approximate surface area is 207 Å². The van der Waals surface area contributed by atoms with E-state index in [-0.39, 0.29) is 11.4 Å². The first-order chi connectivity index (χ1) is 16.6. The molecule has 0 aliphatic carbocycles. The van der Waals surface area contributed by atoms with Gasteiger partial charge in [-0.1, -0.05) is 35.4 Å². The molecule has 0 spiro atoms. The molecule has 0 aliphatic heterocycles. The topological polar surface area (TPSA) is 84.9 Å². The maximum atomic E-state index is 13.7. The number of anilines is 1. The van der Waals surface area contributed by atoms with Crippen LogP contribution in [0.1, 0.15) is 35.2 Å². The first-order valence-corrected chi connectivity index (χ1v) is 12.7. The monoisotopic (exact) mass is 496 g/mol. The highest BCUT2D eigenvalue weighted by Crippen LogP contribution is 2.30. The Morgan fingerprint density at radius 2 is 1.57 bits per heavy atom. The maximum absolute atomic E-state index is 13.7. The quantitative estimate of drug-likeness (QED) is 0.464. The highest BCUT2D eigenvalue weighted by Gasteiger charge is 2.29. The first-order valence-electron chi connectivity index (χ1n) is 11.2. The van der Waals surface area contributed by atoms with Gasteiger partial charge in [0.25, 0.3) is 10.0 Å². The number of carbonyl (C=O) groups is 1. The van der Waals surface area contributed by atoms with Crippen molar-refractivity contribution in [3.63, 3.8) is 0 Å². The second-order valence-electron chi connectivity index (χ2n) is 8.51. The van der Waals surface area contributed by atoms with E-state index in [9.17, 15) is 13.2 Å². The molecule has 3 aromatic rings. The molecule has 3 rings (SSSR count). The molecular formula is C27H32N2O5S. The number of sulfonamides is 1. The molecule has 0 aliphatic rings. The number of benzene rings is 3. The van der Waals surface area contributed by atoms with Gasteiger partial charge in [0, 0.05) is 5.56 Å². The second-order valence-corrected chi connectivity index (χ2v) is 10.4. The van der Waals surface area contributed by atoms with Gasteiger partial charge in [-0.2, -0.15) is 0 Å². The van der Waals surface area contributed by atoms with Crippen molar-refractivity contribution < 1.29 is 22.7 Å². The standard InChI is InChI=1S/C27H32N2O5S/c1-18-7-11-23(12-8-18)35(31,32)29(25-13-9-19(2)15-20(25)3)17-27(30)28-21(4)24-16-22(33-5)10-14-26(24)34-6/h7-16,21H,17H2,1-6H3,(H,28,30)/t21-/m1/s1. The van der Waals surface area contributed by atoms with Crippen molar-refractivity contribution in [3.05, 3.63) is 82.9 Å². The van der Waals surface area contributed by atoms with Gasteiger partial charge in [-0.3, -0.25) is 9.10 Å². The van der Waals surface area contributed by atoms with Gasteiger partial charge in [0.15, 0.2) is 0 Å². The summed E-state index contributed by atoms with van der Waals surface area (Å²) >= 11 is 0. The summed E-state index contributed by atoms with van der Waals surface area (Å²) in [4.78, 5) is 13.3. The number of carbonyl (C=O) groups excluding carboxylic acids is 1. The Kier molecular flexibility index (Phi) is 8.07. The number of rotatable bonds is 9. The van der Waals surface area contributed by atoms with Crippen LogP contribution in [0, 0.1) is 20.8 Å². The molecule has 7 nitrogen and oxygen atoms in total. The molecule has 0 bridgehead atoms. The minimum atomic E-state index is -4.00. The van der Waals surface area contributed by atoms with Crippen molar-refractivity contribution >= 4 is 21.6 Å². The Morgan fingerprint density at radius 1 is 0.914 bits per heavy atom. The summed E-state index contributed by atoms with van der Waals surface area (Å²) in [6, 6.07) is 16.9. The largest absolute Gasteiger partial charge is 0.497 e. The first kappa shape index (κ1) is 26.1. The van der Waals surface area contributed by atoms with Gasteiger partial charge < -0.3 is 14.8 Å². The van der Waals surface area contributed by atoms with E-state index < -0.39 is 22.0 Å². The molecule has 186 valence electrons. The van der Waals surface area contributed by atoms with Crippen molar-refractivity contribution in [2.75, 3.05) is 25.1 Å². The van der Waals surface area contributed by atoms with Crippen LogP contribution < -0.4 is 19.1 Å². The smallest absolute Gasteiger partial charge is 0.264 e. The molecule has 0 saturated heterocycles. The average Bonchev–Trinajstić information content (AvgIpc) is 2.82. The van der Waals surface area contributed by atoms with Crippen molar-refractivity contribution in [2.24, 2.45) is 0 Å². The normalized spacial score (nSPS) is 12.1. The fraction of sp³-hybridized carbons (Fsp3) is 0.296. The number of amides is 1. The predicted octanol–water partition coefficient (Wildman–Crippen LogP) is 4.70. The summed E-state index contributed by atoms with van der Waals surface area (Å²) in [6.45, 7) is 7.09. The molecule has 0 fully saturated rings. The molecule has 1 N–H and O–H groups in total. The zero-order valence-corrected chi connectivity index (χ0v) is 21.8. The van der Waals surface area contributed by atoms with Gasteiger partial charge in [0.05, 0.1) is 30.8 Å². The van der Waals surface area contributed by atoms with Crippen LogP contribution in [-0.4, -0.2) is 35.1 Å². The molecule has 3 aromatic carbocycles. The number of ether oxygens (including phenoxy) is 2. The lowest BCUT2D eigenvalue weighted by Crippen LogP contribution is -2.42. The van der Waals surface area contributed by atoms with E-state index in [4.69, 9.17) is 9.47 Å². The number of nitrogens with one attached hydrogen (secondary N) is 1. The van der Waals surface area contributed by atoms with Crippen LogP contribution in [0.25, 0.3) is 0 Å². The predicted molar refractivity (Wildman–Crippen MR) is 138 cm³/mol. The van der Waals surface area contributed by atoms with Crippen molar-refractivity contribution in [2.45, 2.75) is 38.6 Å². The van der Waals surface area contributed by atoms with Gasteiger partial charge in [-0.25, -0.2) is 8.42 Å². The number of methoxy groups -OCH3 is 2. The molecule has 0 unspecified atom stereocenters. The molecule has 0 heterocycles. The van der Waals surface area contributed by atoms with Crippen LogP contribution in [0.2, 0.25) is 0 Å². The van der Waals surface area contributed by atoms with Crippen molar-refractivity contribution in [3.8, 4) is 11.5 Å². The Morgan fingerprint density at radius 3 is 2.17 bits per heavy atom. The third-order valence-corrected chi connectivity index (χ3v) is 7.57. The highest BCUT2D eigenvalue weighted by atomic mass is 32.2. The van der Waals surface area contributed by atoms with Crippen LogP contribution in [0.15, 0.2) is 65.6 Å². The van der Waals surface area contributed by atoms with Gasteiger partial charge in [-0.05, 0) is 69.7 Å². The SMILES string of the molecule is COc1ccc(OC)c([C@@H](C)NC(=O)CN(c2ccc(C)cc2C)S(=O)(=O)c2ccc(C)cc2)c1. The van der Waals surface area contributed by atoms with Gasteiger partial charge in [0.2, 0.25) is 5.91 Å². The van der Waals surface area contributed by atoms with Gasteiger partial charge in [0.1, 0.15) is 18.0 Å². The fourth-order valence-electron chi connectivity index (χ4n) is 3.90. The maximum Gasteiger partial charge on any atom is 0.264 e. The fourth-order valence-corrected chi connectivity index (χ4v) is 5.38. The molecule has 0 aromatic heterocycles. The highest BCUT2D eigenvalue weighted by molar-refractivity contribution is 7.92. The van der Waals surface area contributed by atoms with Gasteiger partial charge in [-0.15, -0.1) is 0 Å². The van der Waals surface area contributed by atoms with E-state index in [0.29, 0.717) is 17.2 Å². The molecule has 8 heteroatoms. The van der Waals surface area contributed by atoms with Gasteiger partial charge >= 0.3 is 0 Å². The number of hydrogen-bond donors (Lipinski definition) is 1. The summed E-state index contributed by atoms with van der Waals surface area (Å²) in [5, 5.41) is 2.91. The Bertz CT molecular complexity index is 1300. The van der Waals surface area contributed by atoms with Crippen LogP contribution >= 0.6 is 0 Å². The van der Waals surface area contributed by atoms with E-state index >= 15 is 0 Å². The van der Waals surface area contributed by atoms with Crippen LogP contribution in [0.3, 0.4) is 0 Å². The second kappa shape index (κ2) is 10.8. The van der Waals surface area contributed by atoms with E-state index in [0.717, 1.165) is 26.6 Å². The van der Waals surface area contributed by atoms with E-state index in [1.807, 2.05) is 39.8 Å². The summed E-state index contributed by atoms with van der Waals surface area (Å²) in [6.07, 6.45) is 0. The number of nitrogens with zero attached hydrogens (tertiary/aromatic N) is 1. The third-order valence-electron chi connectivity index (χ3n) is 5.80. The van der Waals surface area contributed by atoms with E-state index in [2.05, 4.69) is 5.32 Å². The lowest BCUT2D eigenvalue weighted by molar-refractivity contribution is -0.120. The summed E-state index contributed by atoms with van der Waals surface area (Å²) in [5.41, 5.74) is 3.89. The Hall–Kier alpha value is -3.52. The van der Waals surface area contributed by atoms with Crippen LogP contribution in [-0.2, 0) is 14.8 Å². The van der Waals surface area contributed by atoms with Crippen molar-refractivity contribution in [1.29, 1.82) is 0 Å². The summed E-state index contributed by atoms with van der Waals surface area (Å²) in [5.74, 6) is 0.774. The third kappa shape index (κ3) is 5.95. The lowest BCUT2D eigenvalue weighted by Gasteiger charge is -2.27. The number of hydrogen-bond acceptors (Lipinski definition) is 5. The molecule has 0 saturated carbocycles. The minimum Gasteiger partial charge on any atom is -0.497 e. The Balaban J connectivity index is 1.95. The van der Waals surface area contributed by atoms with E-state index in [1.165, 1.54) is 0 Å². The van der Waals surface area contributed by atoms with Crippen molar-refractivity contribution in [1.82, 2.24) is 5.32 Å². The summed E-state index contributed by atoms with van der Waals surface area (Å²) in [7, 11) is -0.884. The van der Waals surface area contributed by atoms with Crippen LogP contribution in [0.4, 0.5) is 5.69 Å². The molecule has 35 heavy (non-hydrogen) atoms. The van der Waals surface area contributed by atoms with Crippen LogP contribution in [0.5, 0.6) is 11.5 Å². The number of aryl methyl sites for hydroxylation is 3. The average molecular weight is 497 g/mol. The van der Waals surface area contributed by atoms with E-state index in [1.54, 1.807) is 62.8 Å². The minimum absolute atomic E-state index is 0.124. The lowest BCUT2D eigenvalue weighted by atomic mass is 10.1. The molecule has 1 amide bonds.